The third-order valence-corrected chi connectivity index (χ3v) is 2.10. The van der Waals surface area contributed by atoms with Crippen LogP contribution in [0.2, 0.25) is 0 Å². The third kappa shape index (κ3) is 3.21. The first-order chi connectivity index (χ1) is 6.09. The highest BCUT2D eigenvalue weighted by atomic mass is 32.2. The Morgan fingerprint density at radius 2 is 2.31 bits per heavy atom. The van der Waals surface area contributed by atoms with Gasteiger partial charge in [-0.05, 0) is 17.7 Å². The van der Waals surface area contributed by atoms with Crippen LogP contribution in [0.5, 0.6) is 0 Å². The van der Waals surface area contributed by atoms with Crippen LogP contribution in [0, 0.1) is 5.21 Å². The predicted molar refractivity (Wildman–Crippen MR) is 48.6 cm³/mol. The fraction of sp³-hybridized carbons (Fsp3) is 0.143. The van der Waals surface area contributed by atoms with Gasteiger partial charge in [-0.3, -0.25) is 5.84 Å². The minimum absolute atomic E-state index is 0.00500. The number of nitrogens with zero attached hydrogens (tertiary/aromatic N) is 1. The average molecular weight is 201 g/mol. The Kier molecular flexibility index (Phi) is 3.52. The second-order valence-electron chi connectivity index (χ2n) is 2.47. The van der Waals surface area contributed by atoms with Crippen molar-refractivity contribution in [3.63, 3.8) is 0 Å². The molecule has 6 heteroatoms. The van der Waals surface area contributed by atoms with Crippen molar-refractivity contribution in [2.24, 2.45) is 5.84 Å². The molecule has 0 bridgehead atoms. The van der Waals surface area contributed by atoms with Crippen LogP contribution in [0.4, 0.5) is 0 Å². The zero-order valence-electron chi connectivity index (χ0n) is 6.71. The molecule has 0 radical (unpaired) electrons. The van der Waals surface area contributed by atoms with Gasteiger partial charge >= 0.3 is 0 Å². The number of hydrogen-bond acceptors (Lipinski definition) is 4. The van der Waals surface area contributed by atoms with E-state index >= 15 is 0 Å². The van der Waals surface area contributed by atoms with E-state index in [4.69, 9.17) is 10.4 Å². The molecule has 0 amide bonds. The summed E-state index contributed by atoms with van der Waals surface area (Å²) in [5, 5.41) is 10.7. The molecule has 0 spiro atoms. The SMILES string of the molecule is NN([O-])Cc1cccc(S(=O)O)c1. The van der Waals surface area contributed by atoms with E-state index < -0.39 is 11.1 Å². The fourth-order valence-corrected chi connectivity index (χ4v) is 1.38. The van der Waals surface area contributed by atoms with Crippen LogP contribution in [0.25, 0.3) is 0 Å². The molecule has 0 saturated heterocycles. The monoisotopic (exact) mass is 201 g/mol. The molecule has 0 fully saturated rings. The van der Waals surface area contributed by atoms with Crippen LogP contribution in [0.15, 0.2) is 29.2 Å². The molecule has 0 aromatic heterocycles. The Balaban J connectivity index is 2.85. The van der Waals surface area contributed by atoms with E-state index in [9.17, 15) is 9.42 Å². The molecule has 13 heavy (non-hydrogen) atoms. The Labute approximate surface area is 78.0 Å². The van der Waals surface area contributed by atoms with Crippen LogP contribution in [0.3, 0.4) is 0 Å². The average Bonchev–Trinajstić information content (AvgIpc) is 2.03. The van der Waals surface area contributed by atoms with E-state index in [1.807, 2.05) is 0 Å². The van der Waals surface area contributed by atoms with Gasteiger partial charge in [0.25, 0.3) is 0 Å². The highest BCUT2D eigenvalue weighted by molar-refractivity contribution is 7.79. The van der Waals surface area contributed by atoms with E-state index in [1.54, 1.807) is 12.1 Å². The summed E-state index contributed by atoms with van der Waals surface area (Å²) in [6, 6.07) is 6.23. The first-order valence-electron chi connectivity index (χ1n) is 3.49. The predicted octanol–water partition coefficient (Wildman–Crippen LogP) is 0.441. The van der Waals surface area contributed by atoms with Gasteiger partial charge < -0.3 is 14.9 Å². The minimum Gasteiger partial charge on any atom is -0.772 e. The number of hydroxylamine groups is 1. The maximum absolute atomic E-state index is 10.6. The quantitative estimate of drug-likeness (QED) is 0.421. The zero-order valence-corrected chi connectivity index (χ0v) is 7.53. The largest absolute Gasteiger partial charge is 0.772 e. The Morgan fingerprint density at radius 3 is 2.85 bits per heavy atom. The fourth-order valence-electron chi connectivity index (χ4n) is 0.932. The lowest BCUT2D eigenvalue weighted by molar-refractivity contribution is 0.388. The lowest BCUT2D eigenvalue weighted by Gasteiger charge is -2.21. The van der Waals surface area contributed by atoms with Crippen LogP contribution in [-0.4, -0.2) is 13.9 Å². The number of rotatable bonds is 3. The van der Waals surface area contributed by atoms with Crippen molar-refractivity contribution in [2.45, 2.75) is 11.4 Å². The molecule has 1 aromatic rings. The molecule has 0 aliphatic carbocycles. The van der Waals surface area contributed by atoms with Gasteiger partial charge in [-0.2, -0.15) is 0 Å². The van der Waals surface area contributed by atoms with Crippen LogP contribution in [0.1, 0.15) is 5.56 Å². The molecule has 0 aliphatic rings. The third-order valence-electron chi connectivity index (χ3n) is 1.44. The van der Waals surface area contributed by atoms with Gasteiger partial charge in [0.2, 0.25) is 0 Å². The van der Waals surface area contributed by atoms with E-state index in [1.165, 1.54) is 12.1 Å². The Hall–Kier alpha value is -0.790. The van der Waals surface area contributed by atoms with Gasteiger partial charge in [0.05, 0.1) is 4.90 Å². The maximum atomic E-state index is 10.6. The summed E-state index contributed by atoms with van der Waals surface area (Å²) in [6.07, 6.45) is 0. The van der Waals surface area contributed by atoms with Gasteiger partial charge in [-0.25, -0.2) is 4.21 Å². The first kappa shape index (κ1) is 10.3. The second kappa shape index (κ2) is 4.45. The Morgan fingerprint density at radius 1 is 1.62 bits per heavy atom. The summed E-state index contributed by atoms with van der Waals surface area (Å²) >= 11 is -2.02. The molecule has 0 saturated carbocycles. The second-order valence-corrected chi connectivity index (χ2v) is 3.44. The highest BCUT2D eigenvalue weighted by Crippen LogP contribution is 2.09. The molecular formula is C7H9N2O3S-. The summed E-state index contributed by atoms with van der Waals surface area (Å²) < 4.78 is 19.4. The van der Waals surface area contributed by atoms with Gasteiger partial charge in [-0.1, -0.05) is 12.1 Å². The van der Waals surface area contributed by atoms with E-state index in [2.05, 4.69) is 0 Å². The molecule has 1 unspecified atom stereocenters. The maximum Gasteiger partial charge on any atom is 0.186 e. The molecule has 1 aromatic carbocycles. The summed E-state index contributed by atoms with van der Waals surface area (Å²) in [4.78, 5) is 0.263. The molecule has 5 nitrogen and oxygen atoms in total. The van der Waals surface area contributed by atoms with Crippen molar-refractivity contribution in [3.8, 4) is 0 Å². The number of hydrogen-bond donors (Lipinski definition) is 2. The van der Waals surface area contributed by atoms with E-state index in [0.717, 1.165) is 0 Å². The van der Waals surface area contributed by atoms with Crippen molar-refractivity contribution in [1.29, 1.82) is 0 Å². The number of hydrazine groups is 1. The molecule has 72 valence electrons. The molecule has 1 atom stereocenters. The molecule has 1 rings (SSSR count). The van der Waals surface area contributed by atoms with Gasteiger partial charge in [0.1, 0.15) is 0 Å². The summed E-state index contributed by atoms with van der Waals surface area (Å²) in [5.74, 6) is 4.89. The van der Waals surface area contributed by atoms with Crippen molar-refractivity contribution >= 4 is 11.1 Å². The van der Waals surface area contributed by atoms with Crippen LogP contribution < -0.4 is 5.84 Å². The molecular weight excluding hydrogens is 192 g/mol. The molecule has 0 aliphatic heterocycles. The molecule has 3 N–H and O–H groups in total. The smallest absolute Gasteiger partial charge is 0.186 e. The van der Waals surface area contributed by atoms with Gasteiger partial charge in [-0.15, -0.1) is 0 Å². The standard InChI is InChI=1S/C7H9N2O3S/c8-9(10)5-6-2-1-3-7(4-6)13(11)12/h1-4H,5,8H2,(H,11,12)/q-1. The summed E-state index contributed by atoms with van der Waals surface area (Å²) in [5.41, 5.74) is 0.609. The van der Waals surface area contributed by atoms with Gasteiger partial charge in [0.15, 0.2) is 11.1 Å². The van der Waals surface area contributed by atoms with Crippen molar-refractivity contribution < 1.29 is 8.76 Å². The topological polar surface area (TPSA) is 89.6 Å². The minimum atomic E-state index is -2.02. The summed E-state index contributed by atoms with van der Waals surface area (Å²) in [6.45, 7) is 0.00500. The van der Waals surface area contributed by atoms with E-state index in [0.29, 0.717) is 5.56 Å². The van der Waals surface area contributed by atoms with Crippen LogP contribution >= 0.6 is 0 Å². The van der Waals surface area contributed by atoms with Gasteiger partial charge in [0, 0.05) is 6.54 Å². The zero-order chi connectivity index (χ0) is 9.84. The Bertz CT molecular complexity index is 316. The number of benzene rings is 1. The van der Waals surface area contributed by atoms with Crippen molar-refractivity contribution in [3.05, 3.63) is 35.0 Å². The highest BCUT2D eigenvalue weighted by Gasteiger charge is 2.00. The normalized spacial score (nSPS) is 13.2. The van der Waals surface area contributed by atoms with Crippen molar-refractivity contribution in [2.75, 3.05) is 0 Å². The van der Waals surface area contributed by atoms with E-state index in [-0.39, 0.29) is 16.6 Å². The van der Waals surface area contributed by atoms with Crippen LogP contribution in [-0.2, 0) is 17.6 Å². The molecule has 0 heterocycles. The lowest BCUT2D eigenvalue weighted by atomic mass is 10.2. The first-order valence-corrected chi connectivity index (χ1v) is 4.59. The van der Waals surface area contributed by atoms with Crippen molar-refractivity contribution in [1.82, 2.24) is 5.17 Å². The number of nitrogens with two attached hydrogens (primary N) is 1. The summed E-state index contributed by atoms with van der Waals surface area (Å²) in [7, 11) is 0. The lowest BCUT2D eigenvalue weighted by Crippen LogP contribution is -2.22.